The number of alkyl halides is 2. The summed E-state index contributed by atoms with van der Waals surface area (Å²) < 4.78 is 36.6. The summed E-state index contributed by atoms with van der Waals surface area (Å²) in [5.74, 6) is 0.140. The van der Waals surface area contributed by atoms with E-state index >= 15 is 0 Å². The highest BCUT2D eigenvalue weighted by atomic mass is 19.3. The quantitative estimate of drug-likeness (QED) is 0.836. The van der Waals surface area contributed by atoms with Gasteiger partial charge in [0.25, 0.3) is 6.43 Å². The molecule has 2 rings (SSSR count). The molecule has 0 saturated heterocycles. The normalized spacial score (nSPS) is 10.6. The summed E-state index contributed by atoms with van der Waals surface area (Å²) in [6.45, 7) is 3.66. The van der Waals surface area contributed by atoms with Crippen LogP contribution in [0.4, 0.5) is 19.3 Å². The van der Waals surface area contributed by atoms with Crippen molar-refractivity contribution in [3.05, 3.63) is 58.7 Å². The SMILES string of the molecule is COC(=O)Nc1ccccc1COc1cc(C)c(C)cc1C(F)F. The predicted molar refractivity (Wildman–Crippen MR) is 87.7 cm³/mol. The van der Waals surface area contributed by atoms with E-state index in [0.29, 0.717) is 11.3 Å². The molecule has 0 aliphatic carbocycles. The zero-order chi connectivity index (χ0) is 17.7. The van der Waals surface area contributed by atoms with E-state index in [2.05, 4.69) is 10.1 Å². The number of carbonyl (C=O) groups is 1. The van der Waals surface area contributed by atoms with E-state index in [0.717, 1.165) is 11.1 Å². The number of benzene rings is 2. The van der Waals surface area contributed by atoms with Crippen molar-refractivity contribution in [2.45, 2.75) is 26.9 Å². The summed E-state index contributed by atoms with van der Waals surface area (Å²) in [4.78, 5) is 11.4. The molecule has 2 aromatic rings. The summed E-state index contributed by atoms with van der Waals surface area (Å²) in [6, 6.07) is 9.99. The molecule has 0 unspecified atom stereocenters. The Morgan fingerprint density at radius 3 is 2.50 bits per heavy atom. The second-order valence-corrected chi connectivity index (χ2v) is 5.34. The van der Waals surface area contributed by atoms with Crippen LogP contribution in [0.1, 0.15) is 28.7 Å². The minimum atomic E-state index is -2.62. The zero-order valence-electron chi connectivity index (χ0n) is 13.7. The lowest BCUT2D eigenvalue weighted by Crippen LogP contribution is -2.13. The smallest absolute Gasteiger partial charge is 0.411 e. The number of para-hydroxylation sites is 1. The number of aryl methyl sites for hydroxylation is 2. The molecule has 0 aromatic heterocycles. The first-order valence-electron chi connectivity index (χ1n) is 7.37. The van der Waals surface area contributed by atoms with Gasteiger partial charge in [-0.05, 0) is 43.2 Å². The van der Waals surface area contributed by atoms with Crippen LogP contribution < -0.4 is 10.1 Å². The molecule has 24 heavy (non-hydrogen) atoms. The molecule has 2 aromatic carbocycles. The fourth-order valence-electron chi connectivity index (χ4n) is 2.19. The van der Waals surface area contributed by atoms with E-state index in [4.69, 9.17) is 4.74 Å². The van der Waals surface area contributed by atoms with Crippen LogP contribution in [0.15, 0.2) is 36.4 Å². The Morgan fingerprint density at radius 1 is 1.17 bits per heavy atom. The Hall–Kier alpha value is -2.63. The van der Waals surface area contributed by atoms with Crippen molar-refractivity contribution in [3.8, 4) is 5.75 Å². The van der Waals surface area contributed by atoms with Crippen LogP contribution in [0.25, 0.3) is 0 Å². The molecule has 0 saturated carbocycles. The highest BCUT2D eigenvalue weighted by Crippen LogP contribution is 2.32. The predicted octanol–water partition coefficient (Wildman–Crippen LogP) is 5.00. The lowest BCUT2D eigenvalue weighted by Gasteiger charge is -2.15. The number of rotatable bonds is 5. The van der Waals surface area contributed by atoms with Gasteiger partial charge in [0.05, 0.1) is 18.4 Å². The summed E-state index contributed by atoms with van der Waals surface area (Å²) >= 11 is 0. The minimum Gasteiger partial charge on any atom is -0.488 e. The van der Waals surface area contributed by atoms with Crippen LogP contribution >= 0.6 is 0 Å². The van der Waals surface area contributed by atoms with E-state index < -0.39 is 12.5 Å². The number of halogens is 2. The number of hydrogen-bond donors (Lipinski definition) is 1. The largest absolute Gasteiger partial charge is 0.488 e. The Morgan fingerprint density at radius 2 is 1.83 bits per heavy atom. The van der Waals surface area contributed by atoms with Crippen molar-refractivity contribution in [2.24, 2.45) is 0 Å². The Kier molecular flexibility index (Phi) is 5.73. The summed E-state index contributed by atoms with van der Waals surface area (Å²) in [6.07, 6.45) is -3.23. The average Bonchev–Trinajstić information content (AvgIpc) is 2.56. The molecule has 0 fully saturated rings. The number of anilines is 1. The van der Waals surface area contributed by atoms with Crippen molar-refractivity contribution < 1.29 is 23.0 Å². The first-order chi connectivity index (χ1) is 11.4. The first kappa shape index (κ1) is 17.7. The number of amides is 1. The van der Waals surface area contributed by atoms with E-state index in [9.17, 15) is 13.6 Å². The summed E-state index contributed by atoms with van der Waals surface area (Å²) in [5, 5.41) is 2.57. The van der Waals surface area contributed by atoms with Crippen LogP contribution in [0.2, 0.25) is 0 Å². The monoisotopic (exact) mass is 335 g/mol. The molecule has 0 aliphatic heterocycles. The number of hydrogen-bond acceptors (Lipinski definition) is 3. The molecule has 4 nitrogen and oxygen atoms in total. The number of carbonyl (C=O) groups excluding carboxylic acids is 1. The van der Waals surface area contributed by atoms with Crippen molar-refractivity contribution in [1.82, 2.24) is 0 Å². The molecule has 0 aliphatic rings. The zero-order valence-corrected chi connectivity index (χ0v) is 13.7. The molecule has 0 spiro atoms. The summed E-state index contributed by atoms with van der Waals surface area (Å²) in [7, 11) is 1.26. The first-order valence-corrected chi connectivity index (χ1v) is 7.37. The molecule has 0 atom stereocenters. The molecule has 0 radical (unpaired) electrons. The standard InChI is InChI=1S/C18H19F2NO3/c1-11-8-14(17(19)20)16(9-12(11)2)24-10-13-6-4-5-7-15(13)21-18(22)23-3/h4-9,17H,10H2,1-3H3,(H,21,22). The van der Waals surface area contributed by atoms with Crippen molar-refractivity contribution >= 4 is 11.8 Å². The van der Waals surface area contributed by atoms with Gasteiger partial charge in [-0.3, -0.25) is 5.32 Å². The fourth-order valence-corrected chi connectivity index (χ4v) is 2.19. The Labute approximate surface area is 139 Å². The van der Waals surface area contributed by atoms with E-state index in [1.54, 1.807) is 37.3 Å². The molecule has 6 heteroatoms. The van der Waals surface area contributed by atoms with Gasteiger partial charge >= 0.3 is 6.09 Å². The van der Waals surface area contributed by atoms with Crippen LogP contribution in [0.5, 0.6) is 5.75 Å². The molecule has 0 heterocycles. The summed E-state index contributed by atoms with van der Waals surface area (Å²) in [5.41, 5.74) is 2.67. The minimum absolute atomic E-state index is 0.0440. The van der Waals surface area contributed by atoms with Gasteiger partial charge < -0.3 is 9.47 Å². The van der Waals surface area contributed by atoms with Crippen molar-refractivity contribution in [1.29, 1.82) is 0 Å². The van der Waals surface area contributed by atoms with E-state index in [-0.39, 0.29) is 17.9 Å². The van der Waals surface area contributed by atoms with Gasteiger partial charge in [0.1, 0.15) is 12.4 Å². The number of nitrogens with one attached hydrogen (secondary N) is 1. The number of methoxy groups -OCH3 is 1. The maximum absolute atomic E-state index is 13.2. The molecule has 1 N–H and O–H groups in total. The molecular formula is C18H19F2NO3. The third-order valence-electron chi connectivity index (χ3n) is 3.68. The van der Waals surface area contributed by atoms with Gasteiger partial charge in [-0.25, -0.2) is 13.6 Å². The van der Waals surface area contributed by atoms with Gasteiger partial charge in [0.15, 0.2) is 0 Å². The topological polar surface area (TPSA) is 47.6 Å². The van der Waals surface area contributed by atoms with Gasteiger partial charge in [0.2, 0.25) is 0 Å². The lowest BCUT2D eigenvalue weighted by molar-refractivity contribution is 0.144. The van der Waals surface area contributed by atoms with Crippen LogP contribution in [0, 0.1) is 13.8 Å². The van der Waals surface area contributed by atoms with Crippen LogP contribution in [0.3, 0.4) is 0 Å². The van der Waals surface area contributed by atoms with Crippen molar-refractivity contribution in [3.63, 3.8) is 0 Å². The Balaban J connectivity index is 2.23. The number of ether oxygens (including phenoxy) is 2. The third-order valence-corrected chi connectivity index (χ3v) is 3.68. The highest BCUT2D eigenvalue weighted by molar-refractivity contribution is 5.85. The highest BCUT2D eigenvalue weighted by Gasteiger charge is 2.16. The van der Waals surface area contributed by atoms with Gasteiger partial charge in [0, 0.05) is 5.56 Å². The van der Waals surface area contributed by atoms with Crippen molar-refractivity contribution in [2.75, 3.05) is 12.4 Å². The van der Waals surface area contributed by atoms with Crippen LogP contribution in [-0.4, -0.2) is 13.2 Å². The molecule has 0 bridgehead atoms. The van der Waals surface area contributed by atoms with Crippen LogP contribution in [-0.2, 0) is 11.3 Å². The fraction of sp³-hybridized carbons (Fsp3) is 0.278. The molecule has 128 valence electrons. The maximum atomic E-state index is 13.2. The maximum Gasteiger partial charge on any atom is 0.411 e. The Bertz CT molecular complexity index is 732. The molecule has 1 amide bonds. The second kappa shape index (κ2) is 7.77. The van der Waals surface area contributed by atoms with Gasteiger partial charge in [-0.2, -0.15) is 0 Å². The van der Waals surface area contributed by atoms with Gasteiger partial charge in [-0.15, -0.1) is 0 Å². The second-order valence-electron chi connectivity index (χ2n) is 5.34. The average molecular weight is 335 g/mol. The molecular weight excluding hydrogens is 316 g/mol. The van der Waals surface area contributed by atoms with E-state index in [1.165, 1.54) is 13.2 Å². The third kappa shape index (κ3) is 4.22. The lowest BCUT2D eigenvalue weighted by atomic mass is 10.1. The van der Waals surface area contributed by atoms with Gasteiger partial charge in [-0.1, -0.05) is 18.2 Å². The van der Waals surface area contributed by atoms with E-state index in [1.807, 2.05) is 6.92 Å².